The smallest absolute Gasteiger partial charge is 0.253 e. The summed E-state index contributed by atoms with van der Waals surface area (Å²) in [7, 11) is 3.59. The Morgan fingerprint density at radius 2 is 1.88 bits per heavy atom. The molecule has 0 spiro atoms. The molecule has 0 bridgehead atoms. The van der Waals surface area contributed by atoms with Crippen LogP contribution in [0.3, 0.4) is 0 Å². The van der Waals surface area contributed by atoms with E-state index in [9.17, 15) is 9.90 Å². The Balaban J connectivity index is 1.36. The van der Waals surface area contributed by atoms with Gasteiger partial charge >= 0.3 is 0 Å². The minimum absolute atomic E-state index is 0.0652. The fourth-order valence-electron chi connectivity index (χ4n) is 4.96. The van der Waals surface area contributed by atoms with Gasteiger partial charge in [0.1, 0.15) is 18.0 Å². The van der Waals surface area contributed by atoms with Crippen LogP contribution in [-0.4, -0.2) is 83.2 Å². The first kappa shape index (κ1) is 23.4. The van der Waals surface area contributed by atoms with E-state index in [0.29, 0.717) is 18.5 Å². The van der Waals surface area contributed by atoms with Gasteiger partial charge in [-0.25, -0.2) is 9.97 Å². The highest BCUT2D eigenvalue weighted by molar-refractivity contribution is 5.94. The molecule has 2 aromatic rings. The summed E-state index contributed by atoms with van der Waals surface area (Å²) in [5.74, 6) is 1.46. The van der Waals surface area contributed by atoms with Crippen LogP contribution in [0.5, 0.6) is 0 Å². The summed E-state index contributed by atoms with van der Waals surface area (Å²) in [6.07, 6.45) is 6.89. The number of likely N-dealkylation sites (N-methyl/N-ethyl adjacent to an activating group) is 1. The molecule has 2 aliphatic heterocycles. The maximum atomic E-state index is 13.1. The Morgan fingerprint density at radius 1 is 1.12 bits per heavy atom. The van der Waals surface area contributed by atoms with Gasteiger partial charge in [-0.2, -0.15) is 0 Å². The first-order valence-electron chi connectivity index (χ1n) is 12.0. The van der Waals surface area contributed by atoms with Crippen LogP contribution in [0.25, 0.3) is 0 Å². The van der Waals surface area contributed by atoms with E-state index in [-0.39, 0.29) is 12.5 Å². The number of β-amino-alcohol motifs (C(OH)–C–C–N with tert-alkyl or cyclic N) is 1. The molecule has 2 saturated heterocycles. The average Bonchev–Trinajstić information content (AvgIpc) is 2.84. The molecule has 8 nitrogen and oxygen atoms in total. The first-order valence-corrected chi connectivity index (χ1v) is 12.0. The number of anilines is 2. The van der Waals surface area contributed by atoms with Gasteiger partial charge in [-0.15, -0.1) is 0 Å². The summed E-state index contributed by atoms with van der Waals surface area (Å²) in [5.41, 5.74) is 0.913. The van der Waals surface area contributed by atoms with Crippen molar-refractivity contribution in [2.45, 2.75) is 44.2 Å². The van der Waals surface area contributed by atoms with Gasteiger partial charge < -0.3 is 20.2 Å². The third kappa shape index (κ3) is 6.00. The summed E-state index contributed by atoms with van der Waals surface area (Å²) in [6, 6.07) is 9.82. The third-order valence-corrected chi connectivity index (χ3v) is 6.72. The number of aromatic nitrogens is 2. The standard InChI is InChI=1S/C25H36N6O2/c1-26-22-15-23(28-19-27-22)31-14-6-11-25(33,18-31)17-29(2)24(32)21-9-7-20(8-10-21)16-30-12-4-3-5-13-30/h7-10,15,19,33H,3-6,11-14,16-18H2,1-2H3,(H,26,27,28). The fourth-order valence-corrected chi connectivity index (χ4v) is 4.96. The van der Waals surface area contributed by atoms with Crippen LogP contribution < -0.4 is 10.2 Å². The summed E-state index contributed by atoms with van der Waals surface area (Å²) in [4.78, 5) is 27.8. The first-order chi connectivity index (χ1) is 16.0. The average molecular weight is 453 g/mol. The van der Waals surface area contributed by atoms with Crippen LogP contribution in [-0.2, 0) is 6.54 Å². The highest BCUT2D eigenvalue weighted by atomic mass is 16.3. The Bertz CT molecular complexity index is 931. The van der Waals surface area contributed by atoms with Crippen molar-refractivity contribution in [1.82, 2.24) is 19.8 Å². The SMILES string of the molecule is CNc1cc(N2CCCC(O)(CN(C)C(=O)c3ccc(CN4CCCCC4)cc3)C2)ncn1. The third-order valence-electron chi connectivity index (χ3n) is 6.72. The van der Waals surface area contributed by atoms with Crippen molar-refractivity contribution in [2.75, 3.05) is 57.0 Å². The highest BCUT2D eigenvalue weighted by Crippen LogP contribution is 2.27. The molecular weight excluding hydrogens is 416 g/mol. The molecule has 2 fully saturated rings. The normalized spacial score (nSPS) is 21.6. The molecule has 8 heteroatoms. The van der Waals surface area contributed by atoms with E-state index < -0.39 is 5.60 Å². The monoisotopic (exact) mass is 452 g/mol. The maximum Gasteiger partial charge on any atom is 0.253 e. The van der Waals surface area contributed by atoms with Crippen LogP contribution >= 0.6 is 0 Å². The van der Waals surface area contributed by atoms with Crippen LogP contribution in [0.2, 0.25) is 0 Å². The summed E-state index contributed by atoms with van der Waals surface area (Å²) < 4.78 is 0. The molecule has 4 rings (SSSR count). The van der Waals surface area contributed by atoms with E-state index in [4.69, 9.17) is 0 Å². The van der Waals surface area contributed by atoms with Crippen LogP contribution in [0.4, 0.5) is 11.6 Å². The Hall–Kier alpha value is -2.71. The van der Waals surface area contributed by atoms with Crippen molar-refractivity contribution in [1.29, 1.82) is 0 Å². The van der Waals surface area contributed by atoms with E-state index >= 15 is 0 Å². The second kappa shape index (κ2) is 10.5. The van der Waals surface area contributed by atoms with Gasteiger partial charge in [0.15, 0.2) is 0 Å². The largest absolute Gasteiger partial charge is 0.386 e. The molecule has 178 valence electrons. The number of amides is 1. The number of carbonyl (C=O) groups is 1. The van der Waals surface area contributed by atoms with Crippen molar-refractivity contribution in [3.63, 3.8) is 0 Å². The predicted octanol–water partition coefficient (Wildman–Crippen LogP) is 2.61. The lowest BCUT2D eigenvalue weighted by Gasteiger charge is -2.41. The Kier molecular flexibility index (Phi) is 7.45. The van der Waals surface area contributed by atoms with Gasteiger partial charge in [-0.3, -0.25) is 9.69 Å². The van der Waals surface area contributed by atoms with E-state index in [1.165, 1.54) is 31.2 Å². The number of hydrogen-bond donors (Lipinski definition) is 2. The molecule has 1 unspecified atom stereocenters. The minimum Gasteiger partial charge on any atom is -0.386 e. The Labute approximate surface area is 196 Å². The summed E-state index contributed by atoms with van der Waals surface area (Å²) in [6.45, 7) is 4.78. The lowest BCUT2D eigenvalue weighted by Crippen LogP contribution is -2.54. The Morgan fingerprint density at radius 3 is 2.61 bits per heavy atom. The quantitative estimate of drug-likeness (QED) is 0.668. The predicted molar refractivity (Wildman–Crippen MR) is 131 cm³/mol. The number of aliphatic hydroxyl groups is 1. The summed E-state index contributed by atoms with van der Waals surface area (Å²) in [5, 5.41) is 14.3. The number of piperidine rings is 2. The minimum atomic E-state index is -0.985. The van der Waals surface area contributed by atoms with Crippen molar-refractivity contribution < 1.29 is 9.90 Å². The number of carbonyl (C=O) groups excluding carboxylic acids is 1. The lowest BCUT2D eigenvalue weighted by molar-refractivity contribution is -0.000136. The number of nitrogens with one attached hydrogen (secondary N) is 1. The van der Waals surface area contributed by atoms with Gasteiger partial charge in [0.2, 0.25) is 0 Å². The molecular formula is C25H36N6O2. The van der Waals surface area contributed by atoms with Gasteiger partial charge in [0.05, 0.1) is 12.1 Å². The molecule has 33 heavy (non-hydrogen) atoms. The van der Waals surface area contributed by atoms with E-state index in [2.05, 4.69) is 37.2 Å². The molecule has 0 radical (unpaired) electrons. The van der Waals surface area contributed by atoms with E-state index in [1.807, 2.05) is 25.2 Å². The molecule has 3 heterocycles. The molecule has 1 amide bonds. The van der Waals surface area contributed by atoms with Crippen molar-refractivity contribution in [2.24, 2.45) is 0 Å². The number of rotatable bonds is 7. The van der Waals surface area contributed by atoms with Gasteiger partial charge in [0, 0.05) is 45.4 Å². The fraction of sp³-hybridized carbons (Fsp3) is 0.560. The van der Waals surface area contributed by atoms with Crippen molar-refractivity contribution >= 4 is 17.5 Å². The number of hydrogen-bond acceptors (Lipinski definition) is 7. The van der Waals surface area contributed by atoms with E-state index in [1.54, 1.807) is 11.9 Å². The highest BCUT2D eigenvalue weighted by Gasteiger charge is 2.36. The maximum absolute atomic E-state index is 13.1. The van der Waals surface area contributed by atoms with Crippen LogP contribution in [0.1, 0.15) is 48.0 Å². The summed E-state index contributed by atoms with van der Waals surface area (Å²) >= 11 is 0. The van der Waals surface area contributed by atoms with E-state index in [0.717, 1.165) is 44.2 Å². The number of likely N-dealkylation sites (tertiary alicyclic amines) is 1. The van der Waals surface area contributed by atoms with Gasteiger partial charge in [-0.05, 0) is 56.5 Å². The zero-order valence-electron chi connectivity index (χ0n) is 19.8. The molecule has 0 aliphatic carbocycles. The topological polar surface area (TPSA) is 84.8 Å². The van der Waals surface area contributed by atoms with Gasteiger partial charge in [0.25, 0.3) is 5.91 Å². The van der Waals surface area contributed by atoms with Crippen molar-refractivity contribution in [3.8, 4) is 0 Å². The number of nitrogens with zero attached hydrogens (tertiary/aromatic N) is 5. The zero-order valence-corrected chi connectivity index (χ0v) is 19.8. The molecule has 0 saturated carbocycles. The lowest BCUT2D eigenvalue weighted by atomic mass is 9.92. The molecule has 1 aromatic carbocycles. The van der Waals surface area contributed by atoms with Crippen LogP contribution in [0, 0.1) is 0 Å². The molecule has 2 N–H and O–H groups in total. The van der Waals surface area contributed by atoms with Crippen LogP contribution in [0.15, 0.2) is 36.7 Å². The van der Waals surface area contributed by atoms with Crippen molar-refractivity contribution in [3.05, 3.63) is 47.8 Å². The zero-order chi connectivity index (χ0) is 23.3. The second-order valence-corrected chi connectivity index (χ2v) is 9.46. The van der Waals surface area contributed by atoms with Gasteiger partial charge in [-0.1, -0.05) is 18.6 Å². The second-order valence-electron chi connectivity index (χ2n) is 9.46. The molecule has 2 aliphatic rings. The molecule has 1 atom stereocenters. The number of benzene rings is 1. The molecule has 1 aromatic heterocycles.